The second kappa shape index (κ2) is 6.53. The third-order valence-electron chi connectivity index (χ3n) is 5.16. The number of aromatic amines is 1. The molecule has 0 bridgehead atoms. The zero-order valence-corrected chi connectivity index (χ0v) is 15.2. The Morgan fingerprint density at radius 2 is 2.11 bits per heavy atom. The minimum atomic E-state index is -0.696. The molecule has 1 aromatic carbocycles. The molecule has 27 heavy (non-hydrogen) atoms. The smallest absolute Gasteiger partial charge is 0.316 e. The molecule has 1 unspecified atom stereocenters. The molecule has 4 rings (SSSR count). The lowest BCUT2D eigenvalue weighted by molar-refractivity contribution is 0.102. The minimum Gasteiger partial charge on any atom is -0.316 e. The van der Waals surface area contributed by atoms with Crippen LogP contribution in [0.2, 0.25) is 0 Å². The van der Waals surface area contributed by atoms with Gasteiger partial charge in [0.25, 0.3) is 5.91 Å². The molecule has 1 atom stereocenters. The molecule has 1 saturated carbocycles. The largest absolute Gasteiger partial charge is 0.316 e. The van der Waals surface area contributed by atoms with Crippen LogP contribution in [0.15, 0.2) is 40.1 Å². The summed E-state index contributed by atoms with van der Waals surface area (Å²) in [5, 5.41) is 7.23. The summed E-state index contributed by atoms with van der Waals surface area (Å²) in [6.45, 7) is 4.28. The SMILES string of the molecule is CCn1c(=O)c(=O)[nH]c2cc(C(=O)Nc3ccnn3C(C)C3CC3)ccc21. The van der Waals surface area contributed by atoms with Gasteiger partial charge in [-0.15, -0.1) is 0 Å². The van der Waals surface area contributed by atoms with Crippen molar-refractivity contribution < 1.29 is 4.79 Å². The Labute approximate surface area is 154 Å². The third kappa shape index (κ3) is 3.07. The van der Waals surface area contributed by atoms with Crippen LogP contribution >= 0.6 is 0 Å². The molecule has 0 radical (unpaired) electrons. The van der Waals surface area contributed by atoms with Crippen molar-refractivity contribution in [2.75, 3.05) is 5.32 Å². The van der Waals surface area contributed by atoms with Gasteiger partial charge in [-0.05, 0) is 50.8 Å². The van der Waals surface area contributed by atoms with Gasteiger partial charge >= 0.3 is 11.1 Å². The molecule has 1 aliphatic rings. The van der Waals surface area contributed by atoms with E-state index in [-0.39, 0.29) is 11.9 Å². The van der Waals surface area contributed by atoms with E-state index < -0.39 is 11.1 Å². The van der Waals surface area contributed by atoms with Crippen LogP contribution in [0, 0.1) is 5.92 Å². The molecular weight excluding hydrogens is 346 g/mol. The molecule has 1 amide bonds. The van der Waals surface area contributed by atoms with Gasteiger partial charge < -0.3 is 14.9 Å². The van der Waals surface area contributed by atoms with Crippen LogP contribution in [-0.2, 0) is 6.54 Å². The average molecular weight is 367 g/mol. The number of amides is 1. The van der Waals surface area contributed by atoms with E-state index in [1.807, 2.05) is 4.68 Å². The van der Waals surface area contributed by atoms with Crippen molar-refractivity contribution in [2.24, 2.45) is 5.92 Å². The maximum absolute atomic E-state index is 12.7. The van der Waals surface area contributed by atoms with Gasteiger partial charge in [-0.25, -0.2) is 4.68 Å². The van der Waals surface area contributed by atoms with Crippen molar-refractivity contribution in [3.63, 3.8) is 0 Å². The van der Waals surface area contributed by atoms with Gasteiger partial charge in [-0.2, -0.15) is 5.10 Å². The topological polar surface area (TPSA) is 102 Å². The number of carbonyl (C=O) groups excluding carboxylic acids is 1. The monoisotopic (exact) mass is 367 g/mol. The fraction of sp³-hybridized carbons (Fsp3) is 0.368. The van der Waals surface area contributed by atoms with Gasteiger partial charge in [-0.3, -0.25) is 14.4 Å². The first kappa shape index (κ1) is 17.3. The predicted octanol–water partition coefficient (Wildman–Crippen LogP) is 2.13. The Balaban J connectivity index is 1.66. The van der Waals surface area contributed by atoms with Crippen LogP contribution in [0.5, 0.6) is 0 Å². The van der Waals surface area contributed by atoms with Crippen molar-refractivity contribution in [1.29, 1.82) is 0 Å². The molecule has 8 nitrogen and oxygen atoms in total. The van der Waals surface area contributed by atoms with Crippen molar-refractivity contribution in [2.45, 2.75) is 39.3 Å². The quantitative estimate of drug-likeness (QED) is 0.675. The highest BCUT2D eigenvalue weighted by atomic mass is 16.2. The molecule has 3 aromatic rings. The van der Waals surface area contributed by atoms with Gasteiger partial charge in [0.1, 0.15) is 5.82 Å². The standard InChI is InChI=1S/C19H21N5O3/c1-3-23-15-7-6-13(10-14(15)21-18(26)19(23)27)17(25)22-16-8-9-20-24(16)11(2)12-4-5-12/h6-12H,3-5H2,1-2H3,(H,21,26)(H,22,25). The summed E-state index contributed by atoms with van der Waals surface area (Å²) in [7, 11) is 0. The molecule has 0 aliphatic heterocycles. The Kier molecular flexibility index (Phi) is 4.18. The molecule has 2 heterocycles. The number of carbonyl (C=O) groups is 1. The molecule has 140 valence electrons. The van der Waals surface area contributed by atoms with Crippen LogP contribution in [0.3, 0.4) is 0 Å². The number of aromatic nitrogens is 4. The average Bonchev–Trinajstić information content (AvgIpc) is 3.41. The van der Waals surface area contributed by atoms with Crippen LogP contribution in [0.25, 0.3) is 11.0 Å². The van der Waals surface area contributed by atoms with Gasteiger partial charge in [0.2, 0.25) is 0 Å². The number of hydrogen-bond acceptors (Lipinski definition) is 4. The van der Waals surface area contributed by atoms with Crippen LogP contribution in [0.1, 0.15) is 43.1 Å². The van der Waals surface area contributed by atoms with Gasteiger partial charge in [0.15, 0.2) is 0 Å². The zero-order valence-electron chi connectivity index (χ0n) is 15.2. The fourth-order valence-electron chi connectivity index (χ4n) is 3.44. The molecule has 8 heteroatoms. The van der Waals surface area contributed by atoms with Crippen LogP contribution < -0.4 is 16.4 Å². The molecule has 2 N–H and O–H groups in total. The number of fused-ring (bicyclic) bond motifs is 1. The van der Waals surface area contributed by atoms with E-state index in [0.29, 0.717) is 34.9 Å². The molecule has 0 spiro atoms. The molecule has 1 aliphatic carbocycles. The summed E-state index contributed by atoms with van der Waals surface area (Å²) >= 11 is 0. The van der Waals surface area contributed by atoms with Gasteiger partial charge in [0, 0.05) is 18.2 Å². The van der Waals surface area contributed by atoms with Crippen LogP contribution in [0.4, 0.5) is 5.82 Å². The van der Waals surface area contributed by atoms with E-state index in [9.17, 15) is 14.4 Å². The Morgan fingerprint density at radius 3 is 2.81 bits per heavy atom. The fourth-order valence-corrected chi connectivity index (χ4v) is 3.44. The number of anilines is 1. The summed E-state index contributed by atoms with van der Waals surface area (Å²) in [4.78, 5) is 39.0. The minimum absolute atomic E-state index is 0.238. The summed E-state index contributed by atoms with van der Waals surface area (Å²) in [5.41, 5.74) is 0.143. The Hall–Kier alpha value is -3.16. The van der Waals surface area contributed by atoms with E-state index in [0.717, 1.165) is 0 Å². The highest BCUT2D eigenvalue weighted by Gasteiger charge is 2.30. The number of rotatable bonds is 5. The maximum Gasteiger partial charge on any atom is 0.316 e. The Bertz CT molecular complexity index is 1140. The lowest BCUT2D eigenvalue weighted by Gasteiger charge is -2.15. The molecular formula is C19H21N5O3. The zero-order chi connectivity index (χ0) is 19.1. The number of nitrogens with zero attached hydrogens (tertiary/aromatic N) is 3. The van der Waals surface area contributed by atoms with Crippen molar-refractivity contribution in [3.05, 3.63) is 56.7 Å². The summed E-state index contributed by atoms with van der Waals surface area (Å²) < 4.78 is 3.23. The first-order chi connectivity index (χ1) is 13.0. The van der Waals surface area contributed by atoms with E-state index in [2.05, 4.69) is 22.3 Å². The second-order valence-electron chi connectivity index (χ2n) is 6.93. The normalized spacial score (nSPS) is 15.0. The van der Waals surface area contributed by atoms with E-state index in [4.69, 9.17) is 0 Å². The molecule has 0 saturated heterocycles. The second-order valence-corrected chi connectivity index (χ2v) is 6.93. The van der Waals surface area contributed by atoms with Crippen LogP contribution in [-0.4, -0.2) is 25.2 Å². The summed E-state index contributed by atoms with van der Waals surface area (Å²) in [5.74, 6) is 0.959. The number of nitrogens with one attached hydrogen (secondary N) is 2. The number of benzene rings is 1. The number of hydrogen-bond donors (Lipinski definition) is 2. The summed E-state index contributed by atoms with van der Waals surface area (Å²) in [6.07, 6.45) is 4.05. The lowest BCUT2D eigenvalue weighted by Crippen LogP contribution is -2.36. The number of aryl methyl sites for hydroxylation is 1. The van der Waals surface area contributed by atoms with Crippen molar-refractivity contribution in [3.8, 4) is 0 Å². The van der Waals surface area contributed by atoms with E-state index >= 15 is 0 Å². The molecule has 1 fully saturated rings. The van der Waals surface area contributed by atoms with Gasteiger partial charge in [-0.1, -0.05) is 0 Å². The number of H-pyrrole nitrogens is 1. The van der Waals surface area contributed by atoms with E-state index in [1.54, 1.807) is 37.4 Å². The lowest BCUT2D eigenvalue weighted by atomic mass is 10.1. The van der Waals surface area contributed by atoms with Gasteiger partial charge in [0.05, 0.1) is 23.3 Å². The maximum atomic E-state index is 12.7. The highest BCUT2D eigenvalue weighted by Crippen LogP contribution is 2.40. The predicted molar refractivity (Wildman–Crippen MR) is 102 cm³/mol. The van der Waals surface area contributed by atoms with Crippen molar-refractivity contribution in [1.82, 2.24) is 19.3 Å². The first-order valence-electron chi connectivity index (χ1n) is 9.11. The highest BCUT2D eigenvalue weighted by molar-refractivity contribution is 6.05. The third-order valence-corrected chi connectivity index (χ3v) is 5.16. The van der Waals surface area contributed by atoms with Crippen molar-refractivity contribution >= 4 is 22.8 Å². The Morgan fingerprint density at radius 1 is 1.33 bits per heavy atom. The first-order valence-corrected chi connectivity index (χ1v) is 9.11. The van der Waals surface area contributed by atoms with E-state index in [1.165, 1.54) is 17.4 Å². The molecule has 2 aromatic heterocycles. The summed E-state index contributed by atoms with van der Waals surface area (Å²) in [6, 6.07) is 6.92.